The van der Waals surface area contributed by atoms with E-state index in [1.54, 1.807) is 0 Å². The third-order valence-electron chi connectivity index (χ3n) is 3.12. The van der Waals surface area contributed by atoms with Crippen LogP contribution in [0.5, 0.6) is 5.75 Å². The van der Waals surface area contributed by atoms with E-state index in [-0.39, 0.29) is 0 Å². The zero-order valence-corrected chi connectivity index (χ0v) is 10.6. The number of para-hydroxylation sites is 2. The third kappa shape index (κ3) is 3.37. The van der Waals surface area contributed by atoms with Crippen LogP contribution >= 0.6 is 0 Å². The van der Waals surface area contributed by atoms with Gasteiger partial charge in [-0.05, 0) is 38.3 Å². The first-order valence-electron chi connectivity index (χ1n) is 6.50. The molecule has 94 valence electrons. The Morgan fingerprint density at radius 2 is 2.24 bits per heavy atom. The molecule has 3 nitrogen and oxygen atoms in total. The average Bonchev–Trinajstić information content (AvgIpc) is 2.52. The zero-order valence-electron chi connectivity index (χ0n) is 10.6. The monoisotopic (exact) mass is 234 g/mol. The van der Waals surface area contributed by atoms with Gasteiger partial charge in [-0.1, -0.05) is 12.1 Å². The second-order valence-corrected chi connectivity index (χ2v) is 4.78. The number of fused-ring (bicyclic) bond motifs is 1. The molecule has 0 bridgehead atoms. The summed E-state index contributed by atoms with van der Waals surface area (Å²) in [5, 5.41) is 0. The Kier molecular flexibility index (Phi) is 4.26. The van der Waals surface area contributed by atoms with Gasteiger partial charge in [0, 0.05) is 19.1 Å². The fourth-order valence-corrected chi connectivity index (χ4v) is 2.23. The summed E-state index contributed by atoms with van der Waals surface area (Å²) in [6.45, 7) is 5.04. The minimum absolute atomic E-state index is 0.300. The summed E-state index contributed by atoms with van der Waals surface area (Å²) in [6, 6.07) is 8.61. The standard InChI is InChI=1S/C14H22N2O/c1-12(15)6-4-9-16-10-5-11-17-14-8-3-2-7-13(14)16/h2-3,7-8,12H,4-6,9-11,15H2,1H3. The Morgan fingerprint density at radius 3 is 3.06 bits per heavy atom. The molecule has 1 unspecified atom stereocenters. The van der Waals surface area contributed by atoms with E-state index < -0.39 is 0 Å². The van der Waals surface area contributed by atoms with Gasteiger partial charge in [0.05, 0.1) is 12.3 Å². The van der Waals surface area contributed by atoms with Gasteiger partial charge in [-0.3, -0.25) is 0 Å². The van der Waals surface area contributed by atoms with Crippen LogP contribution in [0.2, 0.25) is 0 Å². The molecule has 1 heterocycles. The van der Waals surface area contributed by atoms with Crippen LogP contribution in [0.1, 0.15) is 26.2 Å². The Morgan fingerprint density at radius 1 is 1.41 bits per heavy atom. The summed E-state index contributed by atoms with van der Waals surface area (Å²) < 4.78 is 5.74. The second kappa shape index (κ2) is 5.92. The smallest absolute Gasteiger partial charge is 0.142 e. The van der Waals surface area contributed by atoms with Crippen LogP contribution in [-0.4, -0.2) is 25.7 Å². The SMILES string of the molecule is CC(N)CCCN1CCCOc2ccccc21. The van der Waals surface area contributed by atoms with Gasteiger partial charge >= 0.3 is 0 Å². The van der Waals surface area contributed by atoms with E-state index in [0.29, 0.717) is 6.04 Å². The number of hydrogen-bond acceptors (Lipinski definition) is 3. The molecule has 2 rings (SSSR count). The molecule has 1 atom stereocenters. The number of nitrogens with two attached hydrogens (primary N) is 1. The van der Waals surface area contributed by atoms with E-state index in [0.717, 1.165) is 44.7 Å². The lowest BCUT2D eigenvalue weighted by atomic mass is 10.1. The van der Waals surface area contributed by atoms with Crippen molar-refractivity contribution in [1.82, 2.24) is 0 Å². The van der Waals surface area contributed by atoms with E-state index >= 15 is 0 Å². The summed E-state index contributed by atoms with van der Waals surface area (Å²) in [6.07, 6.45) is 3.32. The molecule has 0 fully saturated rings. The summed E-state index contributed by atoms with van der Waals surface area (Å²) in [5.41, 5.74) is 7.02. The highest BCUT2D eigenvalue weighted by atomic mass is 16.5. The van der Waals surface area contributed by atoms with Crippen LogP contribution < -0.4 is 15.4 Å². The van der Waals surface area contributed by atoms with Crippen LogP contribution in [0.4, 0.5) is 5.69 Å². The Balaban J connectivity index is 2.01. The highest BCUT2D eigenvalue weighted by molar-refractivity contribution is 5.58. The molecule has 17 heavy (non-hydrogen) atoms. The van der Waals surface area contributed by atoms with Crippen molar-refractivity contribution < 1.29 is 4.74 Å². The lowest BCUT2D eigenvalue weighted by molar-refractivity contribution is 0.322. The van der Waals surface area contributed by atoms with Crippen molar-refractivity contribution in [2.24, 2.45) is 5.73 Å². The highest BCUT2D eigenvalue weighted by Gasteiger charge is 2.15. The molecule has 0 radical (unpaired) electrons. The first-order chi connectivity index (χ1) is 8.27. The highest BCUT2D eigenvalue weighted by Crippen LogP contribution is 2.30. The molecule has 3 heteroatoms. The number of anilines is 1. The molecule has 0 amide bonds. The molecule has 1 aliphatic rings. The van der Waals surface area contributed by atoms with Crippen molar-refractivity contribution in [3.05, 3.63) is 24.3 Å². The van der Waals surface area contributed by atoms with Gasteiger partial charge < -0.3 is 15.4 Å². The maximum atomic E-state index is 5.79. The molecular formula is C14H22N2O. The molecule has 0 saturated carbocycles. The van der Waals surface area contributed by atoms with E-state index in [1.165, 1.54) is 5.69 Å². The van der Waals surface area contributed by atoms with E-state index in [2.05, 4.69) is 30.0 Å². The van der Waals surface area contributed by atoms with Crippen molar-refractivity contribution in [3.8, 4) is 5.75 Å². The second-order valence-electron chi connectivity index (χ2n) is 4.78. The zero-order chi connectivity index (χ0) is 12.1. The van der Waals surface area contributed by atoms with Gasteiger partial charge in [0.1, 0.15) is 5.75 Å². The number of ether oxygens (including phenoxy) is 1. The minimum Gasteiger partial charge on any atom is -0.491 e. The van der Waals surface area contributed by atoms with Gasteiger partial charge in [-0.25, -0.2) is 0 Å². The average molecular weight is 234 g/mol. The number of nitrogens with zero attached hydrogens (tertiary/aromatic N) is 1. The van der Waals surface area contributed by atoms with E-state index in [1.807, 2.05) is 6.07 Å². The Labute approximate surface area is 104 Å². The summed E-state index contributed by atoms with van der Waals surface area (Å²) in [5.74, 6) is 1.02. The van der Waals surface area contributed by atoms with Crippen LogP contribution in [0.25, 0.3) is 0 Å². The van der Waals surface area contributed by atoms with E-state index in [9.17, 15) is 0 Å². The van der Waals surface area contributed by atoms with Crippen LogP contribution in [-0.2, 0) is 0 Å². The lowest BCUT2D eigenvalue weighted by Crippen LogP contribution is -2.26. The van der Waals surface area contributed by atoms with Gasteiger partial charge in [0.15, 0.2) is 0 Å². The quantitative estimate of drug-likeness (QED) is 0.869. The van der Waals surface area contributed by atoms with Crippen LogP contribution in [0, 0.1) is 0 Å². The molecule has 0 aliphatic carbocycles. The molecule has 1 aromatic rings. The van der Waals surface area contributed by atoms with Gasteiger partial charge in [-0.15, -0.1) is 0 Å². The van der Waals surface area contributed by atoms with Crippen molar-refractivity contribution in [2.75, 3.05) is 24.6 Å². The predicted octanol–water partition coefficient (Wildman–Crippen LogP) is 2.40. The number of hydrogen-bond donors (Lipinski definition) is 1. The fraction of sp³-hybridized carbons (Fsp3) is 0.571. The maximum absolute atomic E-state index is 5.79. The summed E-state index contributed by atoms with van der Waals surface area (Å²) in [7, 11) is 0. The molecule has 0 saturated heterocycles. The maximum Gasteiger partial charge on any atom is 0.142 e. The van der Waals surface area contributed by atoms with Crippen molar-refractivity contribution in [1.29, 1.82) is 0 Å². The summed E-state index contributed by atoms with van der Waals surface area (Å²) >= 11 is 0. The first kappa shape index (κ1) is 12.2. The molecule has 1 aromatic carbocycles. The first-order valence-corrected chi connectivity index (χ1v) is 6.50. The molecular weight excluding hydrogens is 212 g/mol. The Bertz CT molecular complexity index is 352. The van der Waals surface area contributed by atoms with Crippen LogP contribution in [0.15, 0.2) is 24.3 Å². The van der Waals surface area contributed by atoms with Gasteiger partial charge in [-0.2, -0.15) is 0 Å². The molecule has 1 aliphatic heterocycles. The van der Waals surface area contributed by atoms with Gasteiger partial charge in [0.2, 0.25) is 0 Å². The lowest BCUT2D eigenvalue weighted by Gasteiger charge is -2.24. The van der Waals surface area contributed by atoms with Crippen molar-refractivity contribution in [3.63, 3.8) is 0 Å². The van der Waals surface area contributed by atoms with Crippen molar-refractivity contribution >= 4 is 5.69 Å². The fourth-order valence-electron chi connectivity index (χ4n) is 2.23. The van der Waals surface area contributed by atoms with Crippen LogP contribution in [0.3, 0.4) is 0 Å². The third-order valence-corrected chi connectivity index (χ3v) is 3.12. The molecule has 0 aromatic heterocycles. The van der Waals surface area contributed by atoms with E-state index in [4.69, 9.17) is 10.5 Å². The largest absolute Gasteiger partial charge is 0.491 e. The van der Waals surface area contributed by atoms with Crippen molar-refractivity contribution in [2.45, 2.75) is 32.2 Å². The molecule has 0 spiro atoms. The minimum atomic E-state index is 0.300. The normalized spacial score (nSPS) is 16.9. The Hall–Kier alpha value is -1.22. The predicted molar refractivity (Wildman–Crippen MR) is 71.7 cm³/mol. The number of rotatable bonds is 4. The molecule has 2 N–H and O–H groups in total. The number of benzene rings is 1. The summed E-state index contributed by atoms with van der Waals surface area (Å²) in [4.78, 5) is 2.42. The van der Waals surface area contributed by atoms with Gasteiger partial charge in [0.25, 0.3) is 0 Å². The topological polar surface area (TPSA) is 38.5 Å².